The van der Waals surface area contributed by atoms with Gasteiger partial charge in [0, 0.05) is 30.8 Å². The molecular formula is C20H29N3O. The molecule has 1 aromatic rings. The zero-order valence-electron chi connectivity index (χ0n) is 14.8. The fourth-order valence-corrected chi connectivity index (χ4v) is 3.63. The van der Waals surface area contributed by atoms with Crippen molar-refractivity contribution in [2.45, 2.75) is 58.3 Å². The van der Waals surface area contributed by atoms with Gasteiger partial charge in [0.25, 0.3) is 5.91 Å². The molecule has 3 rings (SSSR count). The number of rotatable bonds is 4. The fraction of sp³-hybridized carbons (Fsp3) is 0.600. The molecule has 0 unspecified atom stereocenters. The Morgan fingerprint density at radius 3 is 2.42 bits per heavy atom. The van der Waals surface area contributed by atoms with Crippen molar-refractivity contribution in [2.75, 3.05) is 18.1 Å². The summed E-state index contributed by atoms with van der Waals surface area (Å²) in [6.45, 7) is 3.80. The van der Waals surface area contributed by atoms with Crippen LogP contribution in [0, 0.1) is 5.92 Å². The Morgan fingerprint density at radius 1 is 1.12 bits per heavy atom. The first kappa shape index (κ1) is 17.0. The van der Waals surface area contributed by atoms with Gasteiger partial charge in [-0.2, -0.15) is 5.10 Å². The van der Waals surface area contributed by atoms with Crippen LogP contribution < -0.4 is 10.3 Å². The lowest BCUT2D eigenvalue weighted by molar-refractivity contribution is 0.0944. The SMILES string of the molecule is CC1=NN(c2ccc(C(=O)NCC3CCCCCCC3)cc2)CC1. The third kappa shape index (κ3) is 4.59. The number of amides is 1. The Bertz CT molecular complexity index is 571. The summed E-state index contributed by atoms with van der Waals surface area (Å²) in [6, 6.07) is 7.80. The van der Waals surface area contributed by atoms with Crippen LogP contribution in [0.5, 0.6) is 0 Å². The first-order chi connectivity index (χ1) is 11.7. The second kappa shape index (κ2) is 8.32. The molecule has 1 N–H and O–H groups in total. The van der Waals surface area contributed by atoms with E-state index in [0.717, 1.165) is 36.5 Å². The van der Waals surface area contributed by atoms with E-state index >= 15 is 0 Å². The van der Waals surface area contributed by atoms with Gasteiger partial charge in [-0.15, -0.1) is 0 Å². The second-order valence-corrected chi connectivity index (χ2v) is 7.18. The van der Waals surface area contributed by atoms with E-state index < -0.39 is 0 Å². The quantitative estimate of drug-likeness (QED) is 0.893. The van der Waals surface area contributed by atoms with Crippen molar-refractivity contribution in [1.29, 1.82) is 0 Å². The molecule has 24 heavy (non-hydrogen) atoms. The molecule has 0 radical (unpaired) electrons. The first-order valence-electron chi connectivity index (χ1n) is 9.42. The molecule has 1 heterocycles. The monoisotopic (exact) mass is 327 g/mol. The molecule has 0 atom stereocenters. The van der Waals surface area contributed by atoms with Gasteiger partial charge in [0.1, 0.15) is 0 Å². The maximum Gasteiger partial charge on any atom is 0.251 e. The number of benzene rings is 1. The van der Waals surface area contributed by atoms with E-state index in [0.29, 0.717) is 5.92 Å². The highest BCUT2D eigenvalue weighted by Gasteiger charge is 2.15. The molecule has 1 aromatic carbocycles. The minimum atomic E-state index is 0.0460. The van der Waals surface area contributed by atoms with Crippen LogP contribution in [0.1, 0.15) is 68.6 Å². The molecule has 4 nitrogen and oxygen atoms in total. The van der Waals surface area contributed by atoms with Gasteiger partial charge < -0.3 is 5.32 Å². The van der Waals surface area contributed by atoms with Crippen LogP contribution in [0.15, 0.2) is 29.4 Å². The summed E-state index contributed by atoms with van der Waals surface area (Å²) in [5.74, 6) is 0.695. The fourth-order valence-electron chi connectivity index (χ4n) is 3.63. The predicted octanol–water partition coefficient (Wildman–Crippen LogP) is 4.36. The van der Waals surface area contributed by atoms with E-state index in [4.69, 9.17) is 0 Å². The lowest BCUT2D eigenvalue weighted by Crippen LogP contribution is -2.29. The minimum Gasteiger partial charge on any atom is -0.352 e. The Balaban J connectivity index is 1.51. The minimum absolute atomic E-state index is 0.0460. The number of hydrazone groups is 1. The Morgan fingerprint density at radius 2 is 1.79 bits per heavy atom. The number of carbonyl (C=O) groups is 1. The smallest absolute Gasteiger partial charge is 0.251 e. The highest BCUT2D eigenvalue weighted by molar-refractivity contribution is 5.94. The average molecular weight is 327 g/mol. The maximum absolute atomic E-state index is 12.4. The lowest BCUT2D eigenvalue weighted by Gasteiger charge is -2.20. The van der Waals surface area contributed by atoms with Gasteiger partial charge in [0.2, 0.25) is 0 Å². The number of hydrogen-bond acceptors (Lipinski definition) is 3. The standard InChI is InChI=1S/C20H29N3O/c1-16-13-14-23(22-16)19-11-9-18(10-12-19)20(24)21-15-17-7-5-3-2-4-6-8-17/h9-12,17H,2-8,13-15H2,1H3,(H,21,24). The molecule has 1 aliphatic carbocycles. The molecule has 0 saturated heterocycles. The lowest BCUT2D eigenvalue weighted by atomic mass is 9.91. The van der Waals surface area contributed by atoms with Crippen LogP contribution in [0.25, 0.3) is 0 Å². The van der Waals surface area contributed by atoms with Crippen molar-refractivity contribution in [3.05, 3.63) is 29.8 Å². The van der Waals surface area contributed by atoms with Gasteiger partial charge in [-0.05, 0) is 49.9 Å². The zero-order valence-corrected chi connectivity index (χ0v) is 14.8. The largest absolute Gasteiger partial charge is 0.352 e. The zero-order chi connectivity index (χ0) is 16.8. The first-order valence-corrected chi connectivity index (χ1v) is 9.42. The Kier molecular flexibility index (Phi) is 5.89. The third-order valence-corrected chi connectivity index (χ3v) is 5.18. The van der Waals surface area contributed by atoms with Crippen LogP contribution in [0.4, 0.5) is 5.69 Å². The summed E-state index contributed by atoms with van der Waals surface area (Å²) >= 11 is 0. The van der Waals surface area contributed by atoms with Crippen molar-refractivity contribution < 1.29 is 4.79 Å². The van der Waals surface area contributed by atoms with Crippen LogP contribution in [-0.4, -0.2) is 24.7 Å². The molecule has 1 aliphatic heterocycles. The number of carbonyl (C=O) groups excluding carboxylic acids is 1. The Hall–Kier alpha value is -1.84. The van der Waals surface area contributed by atoms with E-state index in [2.05, 4.69) is 17.3 Å². The number of nitrogens with zero attached hydrogens (tertiary/aromatic N) is 2. The topological polar surface area (TPSA) is 44.7 Å². The highest BCUT2D eigenvalue weighted by atomic mass is 16.1. The molecular weight excluding hydrogens is 298 g/mol. The van der Waals surface area contributed by atoms with E-state index in [1.165, 1.54) is 44.9 Å². The van der Waals surface area contributed by atoms with E-state index in [-0.39, 0.29) is 5.91 Å². The number of anilines is 1. The predicted molar refractivity (Wildman–Crippen MR) is 99.7 cm³/mol. The van der Waals surface area contributed by atoms with Gasteiger partial charge in [0.05, 0.1) is 5.69 Å². The van der Waals surface area contributed by atoms with Crippen molar-refractivity contribution in [2.24, 2.45) is 11.0 Å². The van der Waals surface area contributed by atoms with E-state index in [1.54, 1.807) is 0 Å². The molecule has 1 amide bonds. The summed E-state index contributed by atoms with van der Waals surface area (Å²) in [5.41, 5.74) is 2.96. The molecule has 4 heteroatoms. The Labute approximate surface area is 145 Å². The van der Waals surface area contributed by atoms with Crippen LogP contribution in [0.2, 0.25) is 0 Å². The van der Waals surface area contributed by atoms with Gasteiger partial charge in [-0.3, -0.25) is 9.80 Å². The van der Waals surface area contributed by atoms with Gasteiger partial charge >= 0.3 is 0 Å². The highest BCUT2D eigenvalue weighted by Crippen LogP contribution is 2.22. The van der Waals surface area contributed by atoms with Gasteiger partial charge in [-0.1, -0.05) is 32.1 Å². The number of hydrogen-bond donors (Lipinski definition) is 1. The average Bonchev–Trinajstić information content (AvgIpc) is 3.00. The van der Waals surface area contributed by atoms with Crippen LogP contribution in [-0.2, 0) is 0 Å². The van der Waals surface area contributed by atoms with Crippen molar-refractivity contribution in [1.82, 2.24) is 5.32 Å². The summed E-state index contributed by atoms with van der Waals surface area (Å²) < 4.78 is 0. The molecule has 1 saturated carbocycles. The van der Waals surface area contributed by atoms with Crippen LogP contribution in [0.3, 0.4) is 0 Å². The molecule has 0 bridgehead atoms. The summed E-state index contributed by atoms with van der Waals surface area (Å²) in [5, 5.41) is 9.64. The molecule has 1 fully saturated rings. The molecule has 0 spiro atoms. The van der Waals surface area contributed by atoms with Crippen LogP contribution >= 0.6 is 0 Å². The molecule has 0 aromatic heterocycles. The van der Waals surface area contributed by atoms with Gasteiger partial charge in [-0.25, -0.2) is 0 Å². The van der Waals surface area contributed by atoms with Crippen molar-refractivity contribution in [3.63, 3.8) is 0 Å². The van der Waals surface area contributed by atoms with Crippen molar-refractivity contribution >= 4 is 17.3 Å². The van der Waals surface area contributed by atoms with Gasteiger partial charge in [0.15, 0.2) is 0 Å². The second-order valence-electron chi connectivity index (χ2n) is 7.18. The van der Waals surface area contributed by atoms with E-state index in [1.807, 2.05) is 29.3 Å². The van der Waals surface area contributed by atoms with Crippen molar-refractivity contribution in [3.8, 4) is 0 Å². The maximum atomic E-state index is 12.4. The summed E-state index contributed by atoms with van der Waals surface area (Å²) in [6.07, 6.45) is 10.2. The normalized spacial score (nSPS) is 19.5. The molecule has 130 valence electrons. The summed E-state index contributed by atoms with van der Waals surface area (Å²) in [7, 11) is 0. The summed E-state index contributed by atoms with van der Waals surface area (Å²) in [4.78, 5) is 12.4. The molecule has 2 aliphatic rings. The van der Waals surface area contributed by atoms with E-state index in [9.17, 15) is 4.79 Å². The third-order valence-electron chi connectivity index (χ3n) is 5.18. The number of nitrogens with one attached hydrogen (secondary N) is 1.